The molecule has 0 spiro atoms. The highest BCUT2D eigenvalue weighted by Crippen LogP contribution is 2.29. The molecule has 2 amide bonds. The Balaban J connectivity index is 2.06. The second kappa shape index (κ2) is 13.7. The summed E-state index contributed by atoms with van der Waals surface area (Å²) in [6, 6.07) is 16.4. The molecule has 11 heteroatoms. The van der Waals surface area contributed by atoms with Crippen molar-refractivity contribution in [3.63, 3.8) is 0 Å². The third-order valence-corrected chi connectivity index (χ3v) is 9.36. The van der Waals surface area contributed by atoms with Gasteiger partial charge in [-0.2, -0.15) is 0 Å². The molecule has 0 saturated carbocycles. The van der Waals surface area contributed by atoms with Crippen LogP contribution in [0.4, 0.5) is 5.69 Å². The van der Waals surface area contributed by atoms with Crippen molar-refractivity contribution in [3.05, 3.63) is 92.9 Å². The van der Waals surface area contributed by atoms with Crippen molar-refractivity contribution in [2.24, 2.45) is 0 Å². The first-order valence-electron chi connectivity index (χ1n) is 12.7. The van der Waals surface area contributed by atoms with Crippen molar-refractivity contribution >= 4 is 62.3 Å². The van der Waals surface area contributed by atoms with Gasteiger partial charge in [-0.3, -0.25) is 13.9 Å². The zero-order valence-corrected chi connectivity index (χ0v) is 25.8. The Morgan fingerprint density at radius 2 is 1.60 bits per heavy atom. The minimum absolute atomic E-state index is 0.00866. The molecule has 0 aliphatic heterocycles. The van der Waals surface area contributed by atoms with Crippen molar-refractivity contribution < 1.29 is 18.0 Å². The average Bonchev–Trinajstić information content (AvgIpc) is 2.92. The molecule has 0 saturated heterocycles. The predicted molar refractivity (Wildman–Crippen MR) is 162 cm³/mol. The second-order valence-electron chi connectivity index (χ2n) is 9.51. The van der Waals surface area contributed by atoms with Crippen LogP contribution in [-0.2, 0) is 26.2 Å². The number of amides is 2. The summed E-state index contributed by atoms with van der Waals surface area (Å²) in [7, 11) is -4.18. The van der Waals surface area contributed by atoms with E-state index in [0.29, 0.717) is 27.1 Å². The maximum Gasteiger partial charge on any atom is 0.264 e. The van der Waals surface area contributed by atoms with Gasteiger partial charge in [0.25, 0.3) is 10.0 Å². The number of hydrogen-bond donors (Lipinski definition) is 1. The summed E-state index contributed by atoms with van der Waals surface area (Å²) in [5, 5.41) is 3.98. The second-order valence-corrected chi connectivity index (χ2v) is 12.6. The van der Waals surface area contributed by atoms with Crippen LogP contribution >= 0.6 is 34.8 Å². The van der Waals surface area contributed by atoms with Crippen molar-refractivity contribution in [1.82, 2.24) is 10.2 Å². The number of anilines is 1. The van der Waals surface area contributed by atoms with E-state index in [0.717, 1.165) is 9.87 Å². The molecule has 3 aromatic rings. The number of carbonyl (C=O) groups excluding carboxylic acids is 2. The number of rotatable bonds is 11. The van der Waals surface area contributed by atoms with Crippen LogP contribution in [0.1, 0.15) is 38.3 Å². The Bertz CT molecular complexity index is 1470. The zero-order valence-electron chi connectivity index (χ0n) is 22.7. The number of aryl methyl sites for hydroxylation is 1. The Labute approximate surface area is 251 Å². The van der Waals surface area contributed by atoms with Gasteiger partial charge < -0.3 is 10.2 Å². The van der Waals surface area contributed by atoms with Crippen molar-refractivity contribution in [3.8, 4) is 0 Å². The minimum Gasteiger partial charge on any atom is -0.352 e. The normalized spacial score (nSPS) is 12.9. The van der Waals surface area contributed by atoms with Gasteiger partial charge in [-0.1, -0.05) is 72.1 Å². The fraction of sp³-hybridized carbons (Fsp3) is 0.310. The van der Waals surface area contributed by atoms with Gasteiger partial charge in [0.05, 0.1) is 10.6 Å². The molecule has 0 aliphatic carbocycles. The lowest BCUT2D eigenvalue weighted by atomic mass is 10.1. The van der Waals surface area contributed by atoms with Gasteiger partial charge in [-0.15, -0.1) is 0 Å². The lowest BCUT2D eigenvalue weighted by molar-refractivity contribution is -0.139. The van der Waals surface area contributed by atoms with E-state index in [1.54, 1.807) is 62.4 Å². The number of hydrogen-bond acceptors (Lipinski definition) is 4. The van der Waals surface area contributed by atoms with Crippen LogP contribution in [0, 0.1) is 6.92 Å². The Morgan fingerprint density at radius 1 is 0.925 bits per heavy atom. The highest BCUT2D eigenvalue weighted by Gasteiger charge is 2.33. The van der Waals surface area contributed by atoms with E-state index in [-0.39, 0.29) is 29.1 Å². The average molecular weight is 625 g/mol. The van der Waals surface area contributed by atoms with Crippen molar-refractivity contribution in [2.75, 3.05) is 10.8 Å². The number of nitrogens with one attached hydrogen (secondary N) is 1. The van der Waals surface area contributed by atoms with Gasteiger partial charge in [-0.25, -0.2) is 8.42 Å². The predicted octanol–water partition coefficient (Wildman–Crippen LogP) is 6.48. The van der Waals surface area contributed by atoms with Gasteiger partial charge >= 0.3 is 0 Å². The van der Waals surface area contributed by atoms with Gasteiger partial charge in [0.2, 0.25) is 11.8 Å². The summed E-state index contributed by atoms with van der Waals surface area (Å²) in [4.78, 5) is 28.4. The monoisotopic (exact) mass is 623 g/mol. The summed E-state index contributed by atoms with van der Waals surface area (Å²) in [6.45, 7) is 6.56. The van der Waals surface area contributed by atoms with Gasteiger partial charge in [0, 0.05) is 27.7 Å². The molecule has 3 rings (SSSR count). The molecule has 0 fully saturated rings. The summed E-state index contributed by atoms with van der Waals surface area (Å²) < 4.78 is 28.6. The molecule has 40 heavy (non-hydrogen) atoms. The first kappa shape index (κ1) is 31.7. The SMILES string of the molecule is CC[C@H](C)NC(=O)[C@H](C)N(Cc1ccc(Cl)cc1Cl)C(=O)CN(c1ccc(C)c(Cl)c1)S(=O)(=O)c1ccccc1. The van der Waals surface area contributed by atoms with Crippen LogP contribution in [0.25, 0.3) is 0 Å². The van der Waals surface area contributed by atoms with Crippen LogP contribution in [-0.4, -0.2) is 43.8 Å². The topological polar surface area (TPSA) is 86.8 Å². The molecule has 1 N–H and O–H groups in total. The van der Waals surface area contributed by atoms with Crippen LogP contribution < -0.4 is 9.62 Å². The van der Waals surface area contributed by atoms with E-state index in [1.165, 1.54) is 23.1 Å². The summed E-state index contributed by atoms with van der Waals surface area (Å²) in [5.74, 6) is -0.974. The van der Waals surface area contributed by atoms with E-state index in [1.807, 2.05) is 13.8 Å². The Kier molecular flexibility index (Phi) is 10.9. The maximum atomic E-state index is 14.0. The number of nitrogens with zero attached hydrogens (tertiary/aromatic N) is 2. The van der Waals surface area contributed by atoms with Crippen LogP contribution in [0.15, 0.2) is 71.6 Å². The van der Waals surface area contributed by atoms with Gasteiger partial charge in [-0.05, 0) is 74.7 Å². The molecule has 0 radical (unpaired) electrons. The molecule has 0 heterocycles. The number of carbonyl (C=O) groups is 2. The minimum atomic E-state index is -4.18. The first-order valence-corrected chi connectivity index (χ1v) is 15.3. The van der Waals surface area contributed by atoms with Crippen LogP contribution in [0.5, 0.6) is 0 Å². The molecule has 7 nitrogen and oxygen atoms in total. The van der Waals surface area contributed by atoms with Gasteiger partial charge in [0.15, 0.2) is 0 Å². The molecule has 0 bridgehead atoms. The maximum absolute atomic E-state index is 14.0. The lowest BCUT2D eigenvalue weighted by Crippen LogP contribution is -2.52. The van der Waals surface area contributed by atoms with Crippen LogP contribution in [0.3, 0.4) is 0 Å². The van der Waals surface area contributed by atoms with Crippen molar-refractivity contribution in [2.45, 2.75) is 57.6 Å². The molecule has 2 atom stereocenters. The largest absolute Gasteiger partial charge is 0.352 e. The van der Waals surface area contributed by atoms with E-state index in [2.05, 4.69) is 5.32 Å². The molecular formula is C29H32Cl3N3O4S. The third-order valence-electron chi connectivity index (χ3n) is 6.58. The molecule has 3 aromatic carbocycles. The number of sulfonamides is 1. The Hall–Kier alpha value is -2.78. The zero-order chi connectivity index (χ0) is 29.6. The molecule has 0 aliphatic rings. The first-order chi connectivity index (χ1) is 18.8. The molecule has 0 unspecified atom stereocenters. The number of benzene rings is 3. The third kappa shape index (κ3) is 7.69. The van der Waals surface area contributed by atoms with Gasteiger partial charge in [0.1, 0.15) is 12.6 Å². The highest BCUT2D eigenvalue weighted by molar-refractivity contribution is 7.92. The quantitative estimate of drug-likeness (QED) is 0.265. The van der Waals surface area contributed by atoms with E-state index >= 15 is 0 Å². The van der Waals surface area contributed by atoms with Crippen molar-refractivity contribution in [1.29, 1.82) is 0 Å². The fourth-order valence-corrected chi connectivity index (χ4v) is 5.94. The number of halogens is 3. The summed E-state index contributed by atoms with van der Waals surface area (Å²) >= 11 is 18.8. The molecular weight excluding hydrogens is 593 g/mol. The lowest BCUT2D eigenvalue weighted by Gasteiger charge is -2.32. The standard InChI is InChI=1S/C29H32Cl3N3O4S/c1-5-20(3)33-29(37)21(4)34(17-22-12-13-23(30)15-27(22)32)28(36)18-35(24-14-11-19(2)26(31)16-24)40(38,39)25-9-7-6-8-10-25/h6-16,20-21H,5,17-18H2,1-4H3,(H,33,37)/t20-,21-/m0/s1. The fourth-order valence-electron chi connectivity index (χ4n) is 3.87. The summed E-state index contributed by atoms with van der Waals surface area (Å²) in [6.07, 6.45) is 0.701. The Morgan fingerprint density at radius 3 is 2.20 bits per heavy atom. The van der Waals surface area contributed by atoms with E-state index < -0.39 is 28.5 Å². The molecule has 214 valence electrons. The summed E-state index contributed by atoms with van der Waals surface area (Å²) in [5.41, 5.74) is 1.52. The van der Waals surface area contributed by atoms with E-state index in [4.69, 9.17) is 34.8 Å². The highest BCUT2D eigenvalue weighted by atomic mass is 35.5. The van der Waals surface area contributed by atoms with Crippen LogP contribution in [0.2, 0.25) is 15.1 Å². The smallest absolute Gasteiger partial charge is 0.264 e. The van der Waals surface area contributed by atoms with E-state index in [9.17, 15) is 18.0 Å². The molecule has 0 aromatic heterocycles.